The predicted octanol–water partition coefficient (Wildman–Crippen LogP) is 5.36. The lowest BCUT2D eigenvalue weighted by atomic mass is 10.1. The van der Waals surface area contributed by atoms with Gasteiger partial charge < -0.3 is 14.4 Å². The summed E-state index contributed by atoms with van der Waals surface area (Å²) in [5.74, 6) is -0.875. The van der Waals surface area contributed by atoms with Crippen molar-refractivity contribution in [3.05, 3.63) is 53.1 Å². The second kappa shape index (κ2) is 11.6. The van der Waals surface area contributed by atoms with Crippen molar-refractivity contribution in [2.45, 2.75) is 45.3 Å². The second-order valence-electron chi connectivity index (χ2n) is 10.2. The number of likely N-dealkylation sites (tertiary alicyclic amines) is 1. The molecule has 0 radical (unpaired) electrons. The molecule has 3 aromatic rings. The molecular formula is C26H29ClN4O7S2. The van der Waals surface area contributed by atoms with Crippen LogP contribution < -0.4 is 10.1 Å². The van der Waals surface area contributed by atoms with Gasteiger partial charge in [-0.25, -0.2) is 23.0 Å². The summed E-state index contributed by atoms with van der Waals surface area (Å²) in [7, 11) is -4.35. The summed E-state index contributed by atoms with van der Waals surface area (Å²) in [6.45, 7) is 6.25. The van der Waals surface area contributed by atoms with Crippen molar-refractivity contribution in [2.24, 2.45) is 0 Å². The van der Waals surface area contributed by atoms with Gasteiger partial charge in [-0.15, -0.1) is 0 Å². The highest BCUT2D eigenvalue weighted by Gasteiger charge is 2.34. The molecule has 1 aromatic heterocycles. The van der Waals surface area contributed by atoms with Gasteiger partial charge in [0.15, 0.2) is 5.13 Å². The Bertz CT molecular complexity index is 1510. The van der Waals surface area contributed by atoms with E-state index < -0.39 is 33.7 Å². The zero-order valence-corrected chi connectivity index (χ0v) is 24.7. The van der Waals surface area contributed by atoms with Crippen LogP contribution in [0.3, 0.4) is 0 Å². The largest absolute Gasteiger partial charge is 0.490 e. The highest BCUT2D eigenvalue weighted by Crippen LogP contribution is 2.29. The second-order valence-corrected chi connectivity index (χ2v) is 13.4. The molecule has 2 heterocycles. The number of nitrogens with one attached hydrogen (secondary N) is 1. The minimum absolute atomic E-state index is 0.0569. The van der Waals surface area contributed by atoms with E-state index in [9.17, 15) is 22.8 Å². The number of amides is 4. The molecule has 4 rings (SSSR count). The summed E-state index contributed by atoms with van der Waals surface area (Å²) in [4.78, 5) is 44.5. The molecule has 4 amide bonds. The predicted molar refractivity (Wildman–Crippen MR) is 153 cm³/mol. The Morgan fingerprint density at radius 1 is 1.12 bits per heavy atom. The lowest BCUT2D eigenvalue weighted by Gasteiger charge is -2.33. The number of carbonyl (C=O) groups excluding carboxylic acids is 3. The van der Waals surface area contributed by atoms with Crippen molar-refractivity contribution in [1.29, 1.82) is 0 Å². The molecule has 0 unspecified atom stereocenters. The summed E-state index contributed by atoms with van der Waals surface area (Å²) >= 11 is 7.39. The number of halogens is 1. The number of nitrogens with zero attached hydrogens (tertiary/aromatic N) is 3. The average molecular weight is 609 g/mol. The number of sulfonamides is 1. The molecule has 1 aliphatic heterocycles. The molecule has 0 spiro atoms. The van der Waals surface area contributed by atoms with Crippen LogP contribution in [-0.4, -0.2) is 71.7 Å². The van der Waals surface area contributed by atoms with Gasteiger partial charge in [0.05, 0.1) is 27.1 Å². The lowest BCUT2D eigenvalue weighted by molar-refractivity contribution is 0.0126. The third kappa shape index (κ3) is 7.20. The van der Waals surface area contributed by atoms with E-state index in [1.807, 2.05) is 0 Å². The monoisotopic (exact) mass is 608 g/mol. The SMILES string of the molecule is CC(C)(C)OC(=O)N1CCC(Oc2ccc(Cl)c(C(=O)N(C(=O)Nc3nc4ccccc4s3)S(C)(=O)=O)c2)CC1. The van der Waals surface area contributed by atoms with Crippen molar-refractivity contribution in [1.82, 2.24) is 14.2 Å². The first kappa shape index (κ1) is 29.6. The number of urea groups is 1. The number of benzene rings is 2. The number of para-hydroxylation sites is 1. The van der Waals surface area contributed by atoms with Crippen molar-refractivity contribution >= 4 is 66.3 Å². The van der Waals surface area contributed by atoms with Gasteiger partial charge >= 0.3 is 12.1 Å². The molecule has 214 valence electrons. The Morgan fingerprint density at radius 2 is 1.80 bits per heavy atom. The Morgan fingerprint density at radius 3 is 2.42 bits per heavy atom. The molecular weight excluding hydrogens is 580 g/mol. The van der Waals surface area contributed by atoms with Crippen LogP contribution in [0.4, 0.5) is 14.7 Å². The Balaban J connectivity index is 1.47. The van der Waals surface area contributed by atoms with Crippen molar-refractivity contribution < 1.29 is 32.3 Å². The smallest absolute Gasteiger partial charge is 0.410 e. The normalized spacial score (nSPS) is 14.6. The minimum atomic E-state index is -4.35. The average Bonchev–Trinajstić information content (AvgIpc) is 3.26. The van der Waals surface area contributed by atoms with Crippen LogP contribution in [0.1, 0.15) is 44.0 Å². The van der Waals surface area contributed by atoms with E-state index in [4.69, 9.17) is 21.1 Å². The first-order valence-electron chi connectivity index (χ1n) is 12.4. The quantitative estimate of drug-likeness (QED) is 0.409. The Kier molecular flexibility index (Phi) is 8.57. The molecule has 1 fully saturated rings. The highest BCUT2D eigenvalue weighted by atomic mass is 35.5. The van der Waals surface area contributed by atoms with E-state index in [1.165, 1.54) is 12.1 Å². The van der Waals surface area contributed by atoms with E-state index in [-0.39, 0.29) is 31.9 Å². The van der Waals surface area contributed by atoms with E-state index in [1.54, 1.807) is 56.0 Å². The third-order valence-electron chi connectivity index (χ3n) is 5.77. The lowest BCUT2D eigenvalue weighted by Crippen LogP contribution is -2.44. The maximum absolute atomic E-state index is 13.4. The van der Waals surface area contributed by atoms with Crippen molar-refractivity contribution in [3.8, 4) is 5.75 Å². The highest BCUT2D eigenvalue weighted by molar-refractivity contribution is 7.89. The van der Waals surface area contributed by atoms with E-state index in [0.717, 1.165) is 22.3 Å². The van der Waals surface area contributed by atoms with Crippen LogP contribution in [-0.2, 0) is 14.8 Å². The van der Waals surface area contributed by atoms with Crippen LogP contribution >= 0.6 is 22.9 Å². The molecule has 0 atom stereocenters. The summed E-state index contributed by atoms with van der Waals surface area (Å²) < 4.78 is 37.4. The van der Waals surface area contributed by atoms with Gasteiger partial charge in [-0.05, 0) is 51.1 Å². The fourth-order valence-electron chi connectivity index (χ4n) is 3.99. The first-order valence-corrected chi connectivity index (χ1v) is 15.4. The number of hydrogen-bond acceptors (Lipinski definition) is 9. The molecule has 14 heteroatoms. The maximum Gasteiger partial charge on any atom is 0.410 e. The van der Waals surface area contributed by atoms with E-state index >= 15 is 0 Å². The molecule has 2 aromatic carbocycles. The van der Waals surface area contributed by atoms with Crippen molar-refractivity contribution in [3.63, 3.8) is 0 Å². The Labute approximate surface area is 241 Å². The van der Waals surface area contributed by atoms with Crippen molar-refractivity contribution in [2.75, 3.05) is 24.7 Å². The van der Waals surface area contributed by atoms with Gasteiger partial charge in [-0.2, -0.15) is 4.31 Å². The number of fused-ring (bicyclic) bond motifs is 1. The first-order chi connectivity index (χ1) is 18.7. The summed E-state index contributed by atoms with van der Waals surface area (Å²) in [6, 6.07) is 10.2. The topological polar surface area (TPSA) is 135 Å². The number of ether oxygens (including phenoxy) is 2. The van der Waals surface area contributed by atoms with Gasteiger partial charge in [0.2, 0.25) is 10.0 Å². The summed E-state index contributed by atoms with van der Waals surface area (Å²) in [6.07, 6.45) is 1.12. The van der Waals surface area contributed by atoms with Crippen LogP contribution in [0.15, 0.2) is 42.5 Å². The molecule has 11 nitrogen and oxygen atoms in total. The number of rotatable bonds is 5. The Hall–Kier alpha value is -3.42. The van der Waals surface area contributed by atoms with Gasteiger partial charge in [-0.3, -0.25) is 10.1 Å². The number of thiazole rings is 1. The molecule has 0 bridgehead atoms. The van der Waals surface area contributed by atoms with Gasteiger partial charge in [-0.1, -0.05) is 35.1 Å². The number of hydrogen-bond donors (Lipinski definition) is 1. The van der Waals surface area contributed by atoms with Gasteiger partial charge in [0, 0.05) is 25.9 Å². The number of piperidine rings is 1. The molecule has 0 saturated carbocycles. The minimum Gasteiger partial charge on any atom is -0.490 e. The number of aromatic nitrogens is 1. The number of anilines is 1. The summed E-state index contributed by atoms with van der Waals surface area (Å²) in [5.41, 5.74) is -0.206. The standard InChI is InChI=1S/C26H29ClN4O7S2/c1-26(2,3)38-25(34)30-13-11-16(12-14-30)37-17-9-10-19(27)18(15-17)22(32)31(40(4,35)36)24(33)29-23-28-20-7-5-6-8-21(20)39-23/h5-10,15-16H,11-14H2,1-4H3,(H,28,29,33). The van der Waals surface area contributed by atoms with Gasteiger partial charge in [0.25, 0.3) is 5.91 Å². The van der Waals surface area contributed by atoms with Crippen LogP contribution in [0.5, 0.6) is 5.75 Å². The molecule has 1 aliphatic rings. The fourth-order valence-corrected chi connectivity index (χ4v) is 5.79. The molecule has 1 saturated heterocycles. The van der Waals surface area contributed by atoms with Crippen LogP contribution in [0.2, 0.25) is 5.02 Å². The van der Waals surface area contributed by atoms with Gasteiger partial charge in [0.1, 0.15) is 17.5 Å². The van der Waals surface area contributed by atoms with E-state index in [2.05, 4.69) is 10.3 Å². The fraction of sp³-hybridized carbons (Fsp3) is 0.385. The maximum atomic E-state index is 13.4. The molecule has 0 aliphatic carbocycles. The third-order valence-corrected chi connectivity index (χ3v) is 8.05. The molecule has 40 heavy (non-hydrogen) atoms. The number of carbonyl (C=O) groups is 3. The van der Waals surface area contributed by atoms with Crippen LogP contribution in [0.25, 0.3) is 10.2 Å². The number of imide groups is 1. The summed E-state index contributed by atoms with van der Waals surface area (Å²) in [5, 5.41) is 2.47. The molecule has 1 N–H and O–H groups in total. The zero-order chi connectivity index (χ0) is 29.2. The zero-order valence-electron chi connectivity index (χ0n) is 22.3. The van der Waals surface area contributed by atoms with Crippen LogP contribution in [0, 0.1) is 0 Å². The van der Waals surface area contributed by atoms with E-state index in [0.29, 0.717) is 31.4 Å².